The van der Waals surface area contributed by atoms with Crippen LogP contribution in [0.1, 0.15) is 75.7 Å². The number of esters is 1. The number of amides is 1. The number of azide groups is 1. The van der Waals surface area contributed by atoms with Crippen LogP contribution in [-0.4, -0.2) is 53.8 Å². The lowest BCUT2D eigenvalue weighted by molar-refractivity contribution is -0.155. The third kappa shape index (κ3) is 10.0. The number of benzene rings is 3. The van der Waals surface area contributed by atoms with Crippen molar-refractivity contribution in [2.45, 2.75) is 76.5 Å². The lowest BCUT2D eigenvalue weighted by atomic mass is 9.83. The Hall–Kier alpha value is -4.90. The van der Waals surface area contributed by atoms with Gasteiger partial charge in [0.05, 0.1) is 6.61 Å². The van der Waals surface area contributed by atoms with Crippen LogP contribution < -0.4 is 15.6 Å². The van der Waals surface area contributed by atoms with Crippen LogP contribution >= 0.6 is 0 Å². The summed E-state index contributed by atoms with van der Waals surface area (Å²) in [7, 11) is 0. The van der Waals surface area contributed by atoms with Crippen LogP contribution in [0.3, 0.4) is 0 Å². The zero-order valence-corrected chi connectivity index (χ0v) is 27.7. The van der Waals surface area contributed by atoms with Gasteiger partial charge in [0.2, 0.25) is 5.90 Å². The molecule has 48 heavy (non-hydrogen) atoms. The maximum atomic E-state index is 14.3. The van der Waals surface area contributed by atoms with Crippen molar-refractivity contribution in [2.75, 3.05) is 19.8 Å². The minimum atomic E-state index is -1.64. The first kappa shape index (κ1) is 35.9. The molecule has 3 aromatic rings. The van der Waals surface area contributed by atoms with Crippen LogP contribution in [0.2, 0.25) is 0 Å². The SMILES string of the molecule is CC(C)(C)OC(=O)CC[C@]1(C(=O)NNCCCCc2ccccc2)N=C(c2ccc(OCCCO)cc2)O[C@H]1c1ccccc1N=[N+]=[N-]. The fourth-order valence-electron chi connectivity index (χ4n) is 5.32. The Kier molecular flexibility index (Phi) is 13.0. The van der Waals surface area contributed by atoms with Crippen molar-refractivity contribution < 1.29 is 28.9 Å². The molecule has 3 N–H and O–H groups in total. The Balaban J connectivity index is 1.64. The van der Waals surface area contributed by atoms with E-state index in [1.165, 1.54) is 5.56 Å². The number of unbranched alkanes of at least 4 members (excludes halogenated alkanes) is 1. The van der Waals surface area contributed by atoms with Gasteiger partial charge >= 0.3 is 5.97 Å². The lowest BCUT2D eigenvalue weighted by Gasteiger charge is -2.31. The number of rotatable bonds is 17. The zero-order valence-electron chi connectivity index (χ0n) is 27.7. The quantitative estimate of drug-likeness (QED) is 0.0377. The van der Waals surface area contributed by atoms with E-state index in [0.717, 1.165) is 19.3 Å². The third-order valence-corrected chi connectivity index (χ3v) is 7.59. The topological polar surface area (TPSA) is 167 Å². The van der Waals surface area contributed by atoms with Crippen molar-refractivity contribution in [2.24, 2.45) is 10.1 Å². The van der Waals surface area contributed by atoms with Gasteiger partial charge in [-0.1, -0.05) is 59.7 Å². The minimum Gasteiger partial charge on any atom is -0.494 e. The molecule has 12 nitrogen and oxygen atoms in total. The lowest BCUT2D eigenvalue weighted by Crippen LogP contribution is -2.53. The second-order valence-electron chi connectivity index (χ2n) is 12.4. The fourth-order valence-corrected chi connectivity index (χ4v) is 5.32. The van der Waals surface area contributed by atoms with E-state index in [4.69, 9.17) is 24.3 Å². The molecule has 0 radical (unpaired) electrons. The Morgan fingerprint density at radius 3 is 2.46 bits per heavy atom. The molecule has 0 saturated heterocycles. The molecule has 1 aliphatic heterocycles. The number of ether oxygens (including phenoxy) is 3. The van der Waals surface area contributed by atoms with Gasteiger partial charge in [-0.3, -0.25) is 15.0 Å². The number of aliphatic hydroxyl groups excluding tert-OH is 1. The molecule has 0 aliphatic carbocycles. The van der Waals surface area contributed by atoms with E-state index in [1.807, 2.05) is 18.2 Å². The highest BCUT2D eigenvalue weighted by Gasteiger charge is 2.54. The Morgan fingerprint density at radius 1 is 1.02 bits per heavy atom. The summed E-state index contributed by atoms with van der Waals surface area (Å²) >= 11 is 0. The molecular formula is C36H44N6O6. The van der Waals surface area contributed by atoms with E-state index in [2.05, 4.69) is 33.0 Å². The third-order valence-electron chi connectivity index (χ3n) is 7.59. The summed E-state index contributed by atoms with van der Waals surface area (Å²) in [5, 5.41) is 12.9. The van der Waals surface area contributed by atoms with Gasteiger partial charge in [0.1, 0.15) is 11.4 Å². The highest BCUT2D eigenvalue weighted by Crippen LogP contribution is 2.46. The van der Waals surface area contributed by atoms with Crippen molar-refractivity contribution in [3.8, 4) is 5.75 Å². The van der Waals surface area contributed by atoms with E-state index in [9.17, 15) is 15.1 Å². The average Bonchev–Trinajstić information content (AvgIpc) is 3.46. The number of hydrogen-bond donors (Lipinski definition) is 3. The monoisotopic (exact) mass is 656 g/mol. The van der Waals surface area contributed by atoms with Gasteiger partial charge in [0.25, 0.3) is 5.91 Å². The smallest absolute Gasteiger partial charge is 0.306 e. The summed E-state index contributed by atoms with van der Waals surface area (Å²) in [6.45, 7) is 6.23. The minimum absolute atomic E-state index is 0.0252. The van der Waals surface area contributed by atoms with Crippen molar-refractivity contribution >= 4 is 23.5 Å². The van der Waals surface area contributed by atoms with Crippen LogP contribution in [0.25, 0.3) is 10.4 Å². The molecule has 0 aromatic heterocycles. The van der Waals surface area contributed by atoms with Crippen molar-refractivity contribution in [1.29, 1.82) is 0 Å². The summed E-state index contributed by atoms with van der Waals surface area (Å²) in [6, 6.07) is 24.0. The Morgan fingerprint density at radius 2 is 1.75 bits per heavy atom. The van der Waals surface area contributed by atoms with Gasteiger partial charge in [-0.2, -0.15) is 0 Å². The highest BCUT2D eigenvalue weighted by atomic mass is 16.6. The van der Waals surface area contributed by atoms with Crippen LogP contribution in [0.4, 0.5) is 5.69 Å². The zero-order chi connectivity index (χ0) is 34.4. The molecule has 4 rings (SSSR count). The molecule has 0 bridgehead atoms. The number of aryl methyl sites for hydroxylation is 1. The van der Waals surface area contributed by atoms with Crippen LogP contribution in [0, 0.1) is 0 Å². The molecule has 1 amide bonds. The molecule has 12 heteroatoms. The van der Waals surface area contributed by atoms with E-state index in [1.54, 1.807) is 69.3 Å². The molecule has 254 valence electrons. The van der Waals surface area contributed by atoms with Crippen LogP contribution in [0.15, 0.2) is 89.0 Å². The number of hydrazine groups is 1. The summed E-state index contributed by atoms with van der Waals surface area (Å²) in [4.78, 5) is 35.2. The highest BCUT2D eigenvalue weighted by molar-refractivity contribution is 6.01. The van der Waals surface area contributed by atoms with E-state index >= 15 is 0 Å². The van der Waals surface area contributed by atoms with Gasteiger partial charge in [0, 0.05) is 47.7 Å². The van der Waals surface area contributed by atoms with Gasteiger partial charge < -0.3 is 19.3 Å². The molecule has 1 aliphatic rings. The fraction of sp³-hybridized carbons (Fsp3) is 0.417. The van der Waals surface area contributed by atoms with Crippen LogP contribution in [-0.2, 0) is 25.5 Å². The Labute approximate surface area is 281 Å². The number of carbonyl (C=O) groups excluding carboxylic acids is 2. The van der Waals surface area contributed by atoms with Crippen molar-refractivity contribution in [3.63, 3.8) is 0 Å². The maximum Gasteiger partial charge on any atom is 0.306 e. The van der Waals surface area contributed by atoms with Gasteiger partial charge in [-0.15, -0.1) is 0 Å². The Bertz CT molecular complexity index is 1580. The molecule has 2 atom stereocenters. The molecular weight excluding hydrogens is 612 g/mol. The van der Waals surface area contributed by atoms with Gasteiger partial charge in [0.15, 0.2) is 11.6 Å². The van der Waals surface area contributed by atoms with Gasteiger partial charge in [-0.05, 0) is 81.8 Å². The number of hydrogen-bond acceptors (Lipinski definition) is 9. The molecule has 0 saturated carbocycles. The molecule has 0 spiro atoms. The second-order valence-corrected chi connectivity index (χ2v) is 12.4. The van der Waals surface area contributed by atoms with Crippen LogP contribution in [0.5, 0.6) is 5.75 Å². The maximum absolute atomic E-state index is 14.3. The largest absolute Gasteiger partial charge is 0.494 e. The normalized spacial score (nSPS) is 17.1. The van der Waals surface area contributed by atoms with Gasteiger partial charge in [-0.25, -0.2) is 10.4 Å². The first-order valence-electron chi connectivity index (χ1n) is 16.2. The number of nitrogens with one attached hydrogen (secondary N) is 2. The standard InChI is InChI=1S/C36H44N6O6/c1-35(2,3)48-31(44)21-22-36(34(45)41-38-23-10-9-14-26-12-5-4-6-13-26)32(29-15-7-8-16-30(29)40-42-37)47-33(39-36)27-17-19-28(20-18-27)46-25-11-24-43/h4-8,12-13,15-20,32,38,43H,9-11,14,21-25H2,1-3H3,(H,41,45)/t32-,36-/m0/s1. The summed E-state index contributed by atoms with van der Waals surface area (Å²) in [5.41, 5.74) is 15.4. The van der Waals surface area contributed by atoms with E-state index < -0.39 is 29.1 Å². The molecule has 3 aromatic carbocycles. The first-order valence-corrected chi connectivity index (χ1v) is 16.2. The predicted octanol–water partition coefficient (Wildman–Crippen LogP) is 6.41. The number of aliphatic imine (C=N–C) groups is 1. The number of carbonyl (C=O) groups is 2. The molecule has 0 fully saturated rings. The number of aliphatic hydroxyl groups is 1. The van der Waals surface area contributed by atoms with Crippen molar-refractivity contribution in [1.82, 2.24) is 10.9 Å². The molecule has 1 heterocycles. The van der Waals surface area contributed by atoms with E-state index in [0.29, 0.717) is 36.4 Å². The average molecular weight is 657 g/mol. The number of nitrogens with zero attached hydrogens (tertiary/aromatic N) is 4. The first-order chi connectivity index (χ1) is 23.1. The summed E-state index contributed by atoms with van der Waals surface area (Å²) in [6.07, 6.45) is 1.92. The summed E-state index contributed by atoms with van der Waals surface area (Å²) < 4.78 is 17.7. The van der Waals surface area contributed by atoms with Crippen molar-refractivity contribution in [3.05, 3.63) is 106 Å². The van der Waals surface area contributed by atoms with E-state index in [-0.39, 0.29) is 31.0 Å². The second kappa shape index (κ2) is 17.3. The predicted molar refractivity (Wildman–Crippen MR) is 183 cm³/mol. The summed E-state index contributed by atoms with van der Waals surface area (Å²) in [5.74, 6) is -0.214. The molecule has 0 unspecified atom stereocenters.